The van der Waals surface area contributed by atoms with Gasteiger partial charge in [0.25, 0.3) is 0 Å². The van der Waals surface area contributed by atoms with Gasteiger partial charge in [-0.25, -0.2) is 0 Å². The van der Waals surface area contributed by atoms with E-state index in [4.69, 9.17) is 4.74 Å². The van der Waals surface area contributed by atoms with E-state index < -0.39 is 0 Å². The summed E-state index contributed by atoms with van der Waals surface area (Å²) in [6.07, 6.45) is 12.8. The van der Waals surface area contributed by atoms with Crippen molar-refractivity contribution in [3.8, 4) is 0 Å². The molecular weight excluding hydrogens is 278 g/mol. The van der Waals surface area contributed by atoms with Crippen molar-refractivity contribution in [1.29, 1.82) is 0 Å². The van der Waals surface area contributed by atoms with Gasteiger partial charge in [-0.15, -0.1) is 0 Å². The average molecular weight is 305 g/mol. The molecule has 1 aliphatic heterocycles. The Morgan fingerprint density at radius 1 is 1.23 bits per heavy atom. The molecule has 1 saturated carbocycles. The first-order valence-corrected chi connectivity index (χ1v) is 8.69. The molecule has 0 unspecified atom stereocenters. The Morgan fingerprint density at radius 3 is 2.77 bits per heavy atom. The normalized spacial score (nSPS) is 20.4. The predicted molar refractivity (Wildman–Crippen MR) is 85.6 cm³/mol. The minimum absolute atomic E-state index is 0.123. The van der Waals surface area contributed by atoms with Crippen molar-refractivity contribution in [3.05, 3.63) is 12.4 Å². The minimum atomic E-state index is 0.123. The van der Waals surface area contributed by atoms with E-state index in [1.54, 1.807) is 6.20 Å². The van der Waals surface area contributed by atoms with Crippen LogP contribution in [0.3, 0.4) is 0 Å². The molecule has 0 radical (unpaired) electrons. The molecule has 1 N–H and O–H groups in total. The Balaban J connectivity index is 1.41. The molecule has 22 heavy (non-hydrogen) atoms. The highest BCUT2D eigenvalue weighted by molar-refractivity contribution is 5.90. The highest BCUT2D eigenvalue weighted by Gasteiger charge is 2.17. The highest BCUT2D eigenvalue weighted by Crippen LogP contribution is 2.28. The van der Waals surface area contributed by atoms with Crippen molar-refractivity contribution in [1.82, 2.24) is 9.78 Å². The molecule has 2 aliphatic rings. The van der Waals surface area contributed by atoms with Gasteiger partial charge in [-0.1, -0.05) is 25.7 Å². The summed E-state index contributed by atoms with van der Waals surface area (Å²) in [5, 5.41) is 7.34. The number of carbonyl (C=O) groups is 1. The van der Waals surface area contributed by atoms with Gasteiger partial charge in [0.1, 0.15) is 0 Å². The molecule has 0 bridgehead atoms. The van der Waals surface area contributed by atoms with Gasteiger partial charge in [0.15, 0.2) is 0 Å². The van der Waals surface area contributed by atoms with Gasteiger partial charge in [-0.2, -0.15) is 5.10 Å². The van der Waals surface area contributed by atoms with E-state index in [0.717, 1.165) is 50.6 Å². The van der Waals surface area contributed by atoms with Crippen molar-refractivity contribution < 1.29 is 9.53 Å². The molecule has 1 aromatic heterocycles. The summed E-state index contributed by atoms with van der Waals surface area (Å²) in [6.45, 7) is 2.63. The van der Waals surface area contributed by atoms with Crippen LogP contribution in [0, 0.1) is 11.8 Å². The highest BCUT2D eigenvalue weighted by atomic mass is 16.5. The summed E-state index contributed by atoms with van der Waals surface area (Å²) < 4.78 is 7.32. The number of hydrogen-bond donors (Lipinski definition) is 1. The van der Waals surface area contributed by atoms with Gasteiger partial charge in [0.2, 0.25) is 5.91 Å². The van der Waals surface area contributed by atoms with E-state index in [9.17, 15) is 4.79 Å². The molecule has 5 heteroatoms. The number of amides is 1. The Hall–Kier alpha value is -1.36. The van der Waals surface area contributed by atoms with Crippen LogP contribution in [0.4, 0.5) is 5.69 Å². The Morgan fingerprint density at radius 2 is 2.00 bits per heavy atom. The molecule has 1 aliphatic carbocycles. The fourth-order valence-corrected chi connectivity index (χ4v) is 3.58. The van der Waals surface area contributed by atoms with Crippen LogP contribution in [0.1, 0.15) is 51.4 Å². The molecule has 122 valence electrons. The fraction of sp³-hybridized carbons (Fsp3) is 0.765. The third-order valence-electron chi connectivity index (χ3n) is 4.96. The van der Waals surface area contributed by atoms with Crippen LogP contribution in [0.5, 0.6) is 0 Å². The average Bonchev–Trinajstić information content (AvgIpc) is 3.18. The molecule has 2 fully saturated rings. The van der Waals surface area contributed by atoms with Crippen LogP contribution in [0.15, 0.2) is 12.4 Å². The molecule has 3 rings (SSSR count). The molecule has 0 atom stereocenters. The predicted octanol–water partition coefficient (Wildman–Crippen LogP) is 3.22. The van der Waals surface area contributed by atoms with Crippen LogP contribution in [0.25, 0.3) is 0 Å². The first-order valence-electron chi connectivity index (χ1n) is 8.69. The first kappa shape index (κ1) is 15.5. The molecule has 2 heterocycles. The first-order chi connectivity index (χ1) is 10.8. The molecule has 1 saturated heterocycles. The molecule has 0 spiro atoms. The summed E-state index contributed by atoms with van der Waals surface area (Å²) in [4.78, 5) is 12.0. The maximum atomic E-state index is 12.0. The second-order valence-electron chi connectivity index (χ2n) is 6.74. The van der Waals surface area contributed by atoms with Crippen molar-refractivity contribution in [2.75, 3.05) is 18.5 Å². The number of carbonyl (C=O) groups excluding carboxylic acids is 1. The lowest BCUT2D eigenvalue weighted by Gasteiger charge is -2.21. The van der Waals surface area contributed by atoms with Crippen molar-refractivity contribution in [2.24, 2.45) is 11.8 Å². The van der Waals surface area contributed by atoms with Crippen molar-refractivity contribution in [3.63, 3.8) is 0 Å². The van der Waals surface area contributed by atoms with Crippen LogP contribution < -0.4 is 5.32 Å². The number of hydrogen-bond acceptors (Lipinski definition) is 3. The third-order valence-corrected chi connectivity index (χ3v) is 4.96. The van der Waals surface area contributed by atoms with Gasteiger partial charge < -0.3 is 10.1 Å². The Bertz CT molecular complexity index is 474. The van der Waals surface area contributed by atoms with Gasteiger partial charge in [0, 0.05) is 32.4 Å². The van der Waals surface area contributed by atoms with E-state index in [0.29, 0.717) is 12.3 Å². The zero-order chi connectivity index (χ0) is 15.2. The minimum Gasteiger partial charge on any atom is -0.381 e. The van der Waals surface area contributed by atoms with Crippen LogP contribution >= 0.6 is 0 Å². The molecular formula is C17H27N3O2. The number of nitrogens with one attached hydrogen (secondary N) is 1. The summed E-state index contributed by atoms with van der Waals surface area (Å²) >= 11 is 0. The Kier molecular flexibility index (Phi) is 5.48. The number of aromatic nitrogens is 2. The van der Waals surface area contributed by atoms with E-state index in [1.165, 1.54) is 25.7 Å². The maximum absolute atomic E-state index is 12.0. The van der Waals surface area contributed by atoms with E-state index >= 15 is 0 Å². The number of anilines is 1. The molecule has 0 aromatic carbocycles. The second kappa shape index (κ2) is 7.77. The number of ether oxygens (including phenoxy) is 1. The van der Waals surface area contributed by atoms with Crippen LogP contribution in [-0.4, -0.2) is 28.9 Å². The summed E-state index contributed by atoms with van der Waals surface area (Å²) in [5.41, 5.74) is 0.823. The van der Waals surface area contributed by atoms with E-state index in [-0.39, 0.29) is 5.91 Å². The largest absolute Gasteiger partial charge is 0.381 e. The quantitative estimate of drug-likeness (QED) is 0.878. The third kappa shape index (κ3) is 4.57. The molecule has 1 amide bonds. The summed E-state index contributed by atoms with van der Waals surface area (Å²) in [7, 11) is 0. The molecule has 5 nitrogen and oxygen atoms in total. The molecule has 1 aromatic rings. The standard InChI is InChI=1S/C17H27N3O2/c21-17(6-5-14-3-1-2-4-14)19-16-11-18-20(13-16)12-15-7-9-22-10-8-15/h11,13-15H,1-10,12H2,(H,19,21). The SMILES string of the molecule is O=C(CCC1CCCC1)Nc1cnn(CC2CCOCC2)c1. The van der Waals surface area contributed by atoms with Crippen molar-refractivity contribution in [2.45, 2.75) is 57.9 Å². The number of nitrogens with zero attached hydrogens (tertiary/aromatic N) is 2. The summed E-state index contributed by atoms with van der Waals surface area (Å²) in [5.74, 6) is 1.53. The second-order valence-corrected chi connectivity index (χ2v) is 6.74. The van der Waals surface area contributed by atoms with Gasteiger partial charge >= 0.3 is 0 Å². The Labute approximate surface area is 132 Å². The zero-order valence-corrected chi connectivity index (χ0v) is 13.3. The van der Waals surface area contributed by atoms with Gasteiger partial charge in [-0.05, 0) is 31.1 Å². The van der Waals surface area contributed by atoms with Crippen LogP contribution in [-0.2, 0) is 16.1 Å². The van der Waals surface area contributed by atoms with E-state index in [1.807, 2.05) is 10.9 Å². The topological polar surface area (TPSA) is 56.2 Å². The van der Waals surface area contributed by atoms with Crippen LogP contribution in [0.2, 0.25) is 0 Å². The smallest absolute Gasteiger partial charge is 0.224 e. The zero-order valence-electron chi connectivity index (χ0n) is 13.3. The fourth-order valence-electron chi connectivity index (χ4n) is 3.58. The van der Waals surface area contributed by atoms with Crippen molar-refractivity contribution >= 4 is 11.6 Å². The maximum Gasteiger partial charge on any atom is 0.224 e. The number of rotatable bonds is 6. The van der Waals surface area contributed by atoms with Gasteiger partial charge in [-0.3, -0.25) is 9.48 Å². The lowest BCUT2D eigenvalue weighted by atomic mass is 10.0. The lowest BCUT2D eigenvalue weighted by Crippen LogP contribution is -2.20. The monoisotopic (exact) mass is 305 g/mol. The van der Waals surface area contributed by atoms with E-state index in [2.05, 4.69) is 10.4 Å². The summed E-state index contributed by atoms with van der Waals surface area (Å²) in [6, 6.07) is 0. The van der Waals surface area contributed by atoms with Gasteiger partial charge in [0.05, 0.1) is 11.9 Å². The lowest BCUT2D eigenvalue weighted by molar-refractivity contribution is -0.116.